The van der Waals surface area contributed by atoms with Crippen LogP contribution < -0.4 is 9.47 Å². The summed E-state index contributed by atoms with van der Waals surface area (Å²) in [5, 5.41) is 31.1. The van der Waals surface area contributed by atoms with Crippen LogP contribution in [0.15, 0.2) is 6.07 Å². The number of ether oxygens (including phenoxy) is 2. The first kappa shape index (κ1) is 13.2. The third-order valence-corrected chi connectivity index (χ3v) is 2.27. The summed E-state index contributed by atoms with van der Waals surface area (Å²) < 4.78 is 9.09. The van der Waals surface area contributed by atoms with Gasteiger partial charge in [-0.05, 0) is 0 Å². The van der Waals surface area contributed by atoms with Gasteiger partial charge in [-0.3, -0.25) is 29.8 Å². The van der Waals surface area contributed by atoms with Crippen molar-refractivity contribution in [1.29, 1.82) is 0 Å². The maximum Gasteiger partial charge on any atom is 0.396 e. The van der Waals surface area contributed by atoms with E-state index in [0.29, 0.717) is 6.07 Å². The molecule has 1 heterocycles. The van der Waals surface area contributed by atoms with Crippen molar-refractivity contribution < 1.29 is 34.0 Å². The van der Waals surface area contributed by atoms with Gasteiger partial charge in [-0.1, -0.05) is 0 Å². The number of nitrogens with zero attached hydrogens (tertiary/aromatic N) is 2. The second-order valence-electron chi connectivity index (χ2n) is 3.56. The first-order valence-corrected chi connectivity index (χ1v) is 4.91. The summed E-state index contributed by atoms with van der Waals surface area (Å²) in [6.45, 7) is 0. The molecule has 1 aliphatic heterocycles. The first-order chi connectivity index (χ1) is 9.31. The molecule has 0 fully saturated rings. The molecule has 0 aromatic heterocycles. The van der Waals surface area contributed by atoms with Crippen LogP contribution in [0.1, 0.15) is 6.42 Å². The fourth-order valence-corrected chi connectivity index (χ4v) is 1.55. The molecule has 0 radical (unpaired) electrons. The van der Waals surface area contributed by atoms with Gasteiger partial charge in [0, 0.05) is 6.07 Å². The zero-order chi connectivity index (χ0) is 15.0. The zero-order valence-corrected chi connectivity index (χ0v) is 9.39. The predicted molar refractivity (Wildman–Crippen MR) is 57.3 cm³/mol. The largest absolute Gasteiger partial charge is 0.502 e. The highest BCUT2D eigenvalue weighted by atomic mass is 16.6. The maximum atomic E-state index is 11.2. The molecule has 0 amide bonds. The highest BCUT2D eigenvalue weighted by Gasteiger charge is 2.40. The highest BCUT2D eigenvalue weighted by molar-refractivity contribution is 5.96. The molecule has 11 nitrogen and oxygen atoms in total. The molecule has 104 valence electrons. The van der Waals surface area contributed by atoms with Crippen LogP contribution >= 0.6 is 0 Å². The molecule has 0 unspecified atom stereocenters. The molecule has 0 spiro atoms. The van der Waals surface area contributed by atoms with Gasteiger partial charge in [0.1, 0.15) is 6.42 Å². The van der Waals surface area contributed by atoms with Crippen LogP contribution in [0.3, 0.4) is 0 Å². The van der Waals surface area contributed by atoms with E-state index in [1.807, 2.05) is 0 Å². The predicted octanol–water partition coefficient (Wildman–Crippen LogP) is 0.423. The third kappa shape index (κ3) is 2.07. The third-order valence-electron chi connectivity index (χ3n) is 2.27. The minimum Gasteiger partial charge on any atom is -0.502 e. The summed E-state index contributed by atoms with van der Waals surface area (Å²) in [6, 6.07) is 0.594. The van der Waals surface area contributed by atoms with E-state index >= 15 is 0 Å². The van der Waals surface area contributed by atoms with Crippen molar-refractivity contribution in [3.05, 3.63) is 26.3 Å². The lowest BCUT2D eigenvalue weighted by atomic mass is 10.2. The number of carbonyl (C=O) groups is 2. The molecule has 11 heteroatoms. The van der Waals surface area contributed by atoms with E-state index < -0.39 is 56.8 Å². The number of esters is 2. The average molecular weight is 284 g/mol. The van der Waals surface area contributed by atoms with E-state index in [-0.39, 0.29) is 0 Å². The number of rotatable bonds is 2. The van der Waals surface area contributed by atoms with Crippen molar-refractivity contribution in [3.8, 4) is 17.2 Å². The average Bonchev–Trinajstić information content (AvgIpc) is 2.43. The molecule has 1 aromatic carbocycles. The van der Waals surface area contributed by atoms with E-state index in [2.05, 4.69) is 9.47 Å². The van der Waals surface area contributed by atoms with Crippen molar-refractivity contribution in [1.82, 2.24) is 0 Å². The van der Waals surface area contributed by atoms with Crippen LogP contribution in [0.25, 0.3) is 0 Å². The van der Waals surface area contributed by atoms with Crippen LogP contribution in [0.4, 0.5) is 11.4 Å². The Labute approximate surface area is 108 Å². The molecule has 1 aromatic rings. The van der Waals surface area contributed by atoms with Crippen LogP contribution in [0, 0.1) is 20.2 Å². The number of nitro groups is 2. The highest BCUT2D eigenvalue weighted by Crippen LogP contribution is 2.49. The van der Waals surface area contributed by atoms with Gasteiger partial charge in [-0.25, -0.2) is 0 Å². The summed E-state index contributed by atoms with van der Waals surface area (Å²) in [4.78, 5) is 41.6. The number of nitro benzene ring substituents is 2. The number of aromatic hydroxyl groups is 1. The van der Waals surface area contributed by atoms with Crippen LogP contribution in [0.5, 0.6) is 17.2 Å². The van der Waals surface area contributed by atoms with Crippen molar-refractivity contribution in [2.75, 3.05) is 0 Å². The fourth-order valence-electron chi connectivity index (χ4n) is 1.55. The van der Waals surface area contributed by atoms with E-state index in [4.69, 9.17) is 0 Å². The SMILES string of the molecule is O=C1CC(=O)Oc2c(cc(O)c([N+](=O)[O-])c2[N+](=O)[O-])O1. The molecule has 0 saturated heterocycles. The quantitative estimate of drug-likeness (QED) is 0.267. The monoisotopic (exact) mass is 284 g/mol. The molecule has 0 atom stereocenters. The molecule has 20 heavy (non-hydrogen) atoms. The summed E-state index contributed by atoms with van der Waals surface area (Å²) in [6.07, 6.45) is -0.819. The number of benzene rings is 1. The maximum absolute atomic E-state index is 11.2. The van der Waals surface area contributed by atoms with Crippen molar-refractivity contribution in [2.45, 2.75) is 6.42 Å². The Balaban J connectivity index is 2.80. The van der Waals surface area contributed by atoms with Crippen LogP contribution in [0.2, 0.25) is 0 Å². The second kappa shape index (κ2) is 4.46. The van der Waals surface area contributed by atoms with E-state index in [0.717, 1.165) is 0 Å². The van der Waals surface area contributed by atoms with Gasteiger partial charge in [-0.15, -0.1) is 0 Å². The van der Waals surface area contributed by atoms with Gasteiger partial charge in [0.25, 0.3) is 5.75 Å². The molecular formula is C9H4N2O9. The van der Waals surface area contributed by atoms with Crippen molar-refractivity contribution in [2.24, 2.45) is 0 Å². The zero-order valence-electron chi connectivity index (χ0n) is 9.39. The van der Waals surface area contributed by atoms with Gasteiger partial charge in [0.15, 0.2) is 5.75 Å². The Bertz CT molecular complexity index is 666. The van der Waals surface area contributed by atoms with Gasteiger partial charge >= 0.3 is 23.3 Å². The Morgan fingerprint density at radius 1 is 1.05 bits per heavy atom. The van der Waals surface area contributed by atoms with Gasteiger partial charge < -0.3 is 14.6 Å². The smallest absolute Gasteiger partial charge is 0.396 e. The summed E-state index contributed by atoms with van der Waals surface area (Å²) in [5.74, 6) is -4.87. The lowest BCUT2D eigenvalue weighted by molar-refractivity contribution is -0.423. The molecule has 1 N–H and O–H groups in total. The number of phenols is 1. The molecule has 2 rings (SSSR count). The number of hydrogen-bond acceptors (Lipinski definition) is 9. The number of carbonyl (C=O) groups excluding carboxylic acids is 2. The van der Waals surface area contributed by atoms with E-state index in [1.165, 1.54) is 0 Å². The van der Waals surface area contributed by atoms with Gasteiger partial charge in [-0.2, -0.15) is 0 Å². The molecule has 1 aliphatic rings. The molecule has 0 bridgehead atoms. The molecule has 0 saturated carbocycles. The number of hydrogen-bond donors (Lipinski definition) is 1. The van der Waals surface area contributed by atoms with E-state index in [9.17, 15) is 34.9 Å². The Kier molecular flexibility index (Phi) is 2.94. The van der Waals surface area contributed by atoms with Crippen LogP contribution in [-0.4, -0.2) is 26.9 Å². The standard InChI is InChI=1S/C9H4N2O9/c12-3-1-4-9(20-6(14)2-5(13)19-4)8(11(17)18)7(3)10(15)16/h1,12H,2H2. The van der Waals surface area contributed by atoms with Gasteiger partial charge in [0.2, 0.25) is 5.75 Å². The number of fused-ring (bicyclic) bond motifs is 1. The van der Waals surface area contributed by atoms with Crippen molar-refractivity contribution in [3.63, 3.8) is 0 Å². The lowest BCUT2D eigenvalue weighted by Crippen LogP contribution is -2.13. The normalized spacial score (nSPS) is 13.8. The first-order valence-electron chi connectivity index (χ1n) is 4.91. The Morgan fingerprint density at radius 2 is 1.60 bits per heavy atom. The Morgan fingerprint density at radius 3 is 2.15 bits per heavy atom. The lowest BCUT2D eigenvalue weighted by Gasteiger charge is -2.06. The van der Waals surface area contributed by atoms with Crippen molar-refractivity contribution >= 4 is 23.3 Å². The number of phenolic OH excluding ortho intramolecular Hbond substituents is 1. The van der Waals surface area contributed by atoms with Gasteiger partial charge in [0.05, 0.1) is 9.85 Å². The minimum atomic E-state index is -1.27. The fraction of sp³-hybridized carbons (Fsp3) is 0.111. The minimum absolute atomic E-state index is 0.594. The molecule has 0 aliphatic carbocycles. The Hall–Kier alpha value is -3.24. The second-order valence-corrected chi connectivity index (χ2v) is 3.56. The van der Waals surface area contributed by atoms with E-state index in [1.54, 1.807) is 0 Å². The summed E-state index contributed by atoms with van der Waals surface area (Å²) >= 11 is 0. The van der Waals surface area contributed by atoms with Crippen LogP contribution in [-0.2, 0) is 9.59 Å². The molecular weight excluding hydrogens is 280 g/mol. The summed E-state index contributed by atoms with van der Waals surface area (Å²) in [5.41, 5.74) is -2.53. The summed E-state index contributed by atoms with van der Waals surface area (Å²) in [7, 11) is 0. The topological polar surface area (TPSA) is 159 Å².